The van der Waals surface area contributed by atoms with Crippen LogP contribution in [0.4, 0.5) is 0 Å². The first-order chi connectivity index (χ1) is 16.5. The van der Waals surface area contributed by atoms with E-state index in [1.165, 1.54) is 0 Å². The van der Waals surface area contributed by atoms with Crippen molar-refractivity contribution in [2.45, 2.75) is 6.92 Å². The highest BCUT2D eigenvalue weighted by atomic mass is 16.5. The van der Waals surface area contributed by atoms with Crippen LogP contribution in [0.1, 0.15) is 5.56 Å². The maximum Gasteiger partial charge on any atom is 0.220 e. The number of imidazole rings is 1. The molecule has 6 rings (SSSR count). The lowest BCUT2D eigenvalue weighted by atomic mass is 9.92. The van der Waals surface area contributed by atoms with E-state index in [9.17, 15) is 5.11 Å². The number of aromatic nitrogens is 3. The van der Waals surface area contributed by atoms with E-state index in [-0.39, 0.29) is 5.75 Å². The predicted octanol–water partition coefficient (Wildman–Crippen LogP) is 5.55. The highest BCUT2D eigenvalue weighted by Gasteiger charge is 2.23. The van der Waals surface area contributed by atoms with Crippen LogP contribution in [-0.4, -0.2) is 29.3 Å². The Morgan fingerprint density at radius 2 is 1.79 bits per heavy atom. The number of methoxy groups -OCH3 is 2. The van der Waals surface area contributed by atoms with E-state index >= 15 is 0 Å². The Morgan fingerprint density at radius 3 is 2.59 bits per heavy atom. The number of ether oxygens (including phenoxy) is 2. The normalized spacial score (nSPS) is 11.6. The van der Waals surface area contributed by atoms with Gasteiger partial charge in [0.15, 0.2) is 17.7 Å². The van der Waals surface area contributed by atoms with Crippen LogP contribution in [0, 0.1) is 6.92 Å². The number of nitrogens with zero attached hydrogens (tertiary/aromatic N) is 2. The van der Waals surface area contributed by atoms with Gasteiger partial charge in [-0.3, -0.25) is 0 Å². The number of H-pyrrole nitrogens is 1. The number of phenols is 1. The minimum Gasteiger partial charge on any atom is -0.508 e. The molecule has 6 heteroatoms. The summed E-state index contributed by atoms with van der Waals surface area (Å²) in [5.41, 5.74) is 5.86. The van der Waals surface area contributed by atoms with Crippen molar-refractivity contribution in [2.75, 3.05) is 14.2 Å². The first kappa shape index (κ1) is 20.3. The molecule has 0 amide bonds. The fourth-order valence-electron chi connectivity index (χ4n) is 5.07. The number of rotatable bonds is 3. The average Bonchev–Trinajstić information content (AvgIpc) is 3.31. The third-order valence-electron chi connectivity index (χ3n) is 6.69. The van der Waals surface area contributed by atoms with Gasteiger partial charge in [-0.05, 0) is 65.4 Å². The molecular formula is C28H24N3O3+. The van der Waals surface area contributed by atoms with E-state index in [0.29, 0.717) is 11.5 Å². The molecule has 0 saturated carbocycles. The second-order valence-corrected chi connectivity index (χ2v) is 8.64. The molecule has 0 saturated heterocycles. The van der Waals surface area contributed by atoms with Gasteiger partial charge in [-0.1, -0.05) is 12.1 Å². The zero-order valence-electron chi connectivity index (χ0n) is 19.4. The Balaban J connectivity index is 1.83. The van der Waals surface area contributed by atoms with Crippen molar-refractivity contribution in [1.29, 1.82) is 0 Å². The van der Waals surface area contributed by atoms with Crippen molar-refractivity contribution < 1.29 is 19.1 Å². The van der Waals surface area contributed by atoms with Gasteiger partial charge in [-0.2, -0.15) is 4.57 Å². The van der Waals surface area contributed by atoms with Crippen LogP contribution in [-0.2, 0) is 7.05 Å². The Labute approximate surface area is 196 Å². The molecule has 0 aliphatic rings. The Hall–Kier alpha value is -4.32. The lowest BCUT2D eigenvalue weighted by molar-refractivity contribution is -0.642. The molecule has 6 aromatic rings. The van der Waals surface area contributed by atoms with E-state index < -0.39 is 0 Å². The minimum atomic E-state index is 0.289. The average molecular weight is 451 g/mol. The van der Waals surface area contributed by atoms with Gasteiger partial charge < -0.3 is 19.6 Å². The van der Waals surface area contributed by atoms with Crippen molar-refractivity contribution in [1.82, 2.24) is 9.97 Å². The van der Waals surface area contributed by atoms with Crippen LogP contribution in [0.2, 0.25) is 0 Å². The van der Waals surface area contributed by atoms with Gasteiger partial charge in [-0.15, -0.1) is 0 Å². The summed E-state index contributed by atoms with van der Waals surface area (Å²) in [6.45, 7) is 1.92. The molecule has 0 atom stereocenters. The van der Waals surface area contributed by atoms with Crippen LogP contribution >= 0.6 is 0 Å². The van der Waals surface area contributed by atoms with Crippen molar-refractivity contribution in [3.63, 3.8) is 0 Å². The fourth-order valence-corrected chi connectivity index (χ4v) is 5.07. The molecule has 4 aromatic carbocycles. The second kappa shape index (κ2) is 7.35. The zero-order valence-corrected chi connectivity index (χ0v) is 19.4. The zero-order chi connectivity index (χ0) is 23.6. The van der Waals surface area contributed by atoms with E-state index in [4.69, 9.17) is 9.47 Å². The molecule has 34 heavy (non-hydrogen) atoms. The number of phenolic OH excluding ortho intramolecular Hbond substituents is 1. The minimum absolute atomic E-state index is 0.289. The second-order valence-electron chi connectivity index (χ2n) is 8.64. The number of aromatic amines is 1. The highest BCUT2D eigenvalue weighted by Crippen LogP contribution is 2.45. The molecule has 2 N–H and O–H groups in total. The summed E-state index contributed by atoms with van der Waals surface area (Å²) in [4.78, 5) is 7.57. The number of pyridine rings is 1. The summed E-state index contributed by atoms with van der Waals surface area (Å²) in [5, 5.41) is 15.6. The fraction of sp³-hybridized carbons (Fsp3) is 0.143. The largest absolute Gasteiger partial charge is 0.508 e. The van der Waals surface area contributed by atoms with Crippen molar-refractivity contribution in [3.8, 4) is 28.4 Å². The molecule has 0 aliphatic carbocycles. The van der Waals surface area contributed by atoms with Crippen LogP contribution in [0.15, 0.2) is 61.1 Å². The molecule has 0 spiro atoms. The maximum atomic E-state index is 10.5. The summed E-state index contributed by atoms with van der Waals surface area (Å²) in [5.74, 6) is 1.65. The monoisotopic (exact) mass is 450 g/mol. The van der Waals surface area contributed by atoms with E-state index in [0.717, 1.165) is 60.2 Å². The molecule has 0 aliphatic heterocycles. The molecule has 0 radical (unpaired) electrons. The van der Waals surface area contributed by atoms with Gasteiger partial charge in [0.05, 0.1) is 47.7 Å². The van der Waals surface area contributed by atoms with Crippen LogP contribution in [0.3, 0.4) is 0 Å². The third-order valence-corrected chi connectivity index (χ3v) is 6.69. The van der Waals surface area contributed by atoms with Gasteiger partial charge in [0.25, 0.3) is 0 Å². The molecule has 168 valence electrons. The molecule has 0 unspecified atom stereocenters. The van der Waals surface area contributed by atoms with Crippen LogP contribution in [0.5, 0.6) is 17.2 Å². The standard InChI is InChI=1S/C28H23N3O3/c1-15-9-16-5-7-18-26-19(17-6-8-22-23(10-17)30-14-29-22)12-25(33-3)28(34-4)21(26)13-31(2)27(18)20(16)11-24(15)32/h5-14H,1-4H3,(H-,29,30,32)/p+1. The van der Waals surface area contributed by atoms with Gasteiger partial charge in [0.2, 0.25) is 5.52 Å². The Kier molecular flexibility index (Phi) is 4.39. The van der Waals surface area contributed by atoms with Crippen molar-refractivity contribution in [3.05, 3.63) is 66.6 Å². The van der Waals surface area contributed by atoms with E-state index in [1.807, 2.05) is 38.2 Å². The lowest BCUT2D eigenvalue weighted by Gasteiger charge is -2.16. The van der Waals surface area contributed by atoms with E-state index in [2.05, 4.69) is 45.0 Å². The molecule has 6 nitrogen and oxygen atoms in total. The summed E-state index contributed by atoms with van der Waals surface area (Å²) >= 11 is 0. The number of aryl methyl sites for hydroxylation is 2. The summed E-state index contributed by atoms with van der Waals surface area (Å²) in [6, 6.07) is 16.4. The lowest BCUT2D eigenvalue weighted by Crippen LogP contribution is -2.28. The molecule has 2 heterocycles. The topological polar surface area (TPSA) is 71.2 Å². The third kappa shape index (κ3) is 2.81. The van der Waals surface area contributed by atoms with Gasteiger partial charge in [0, 0.05) is 5.39 Å². The smallest absolute Gasteiger partial charge is 0.220 e. The molecule has 0 bridgehead atoms. The number of nitrogens with one attached hydrogen (secondary N) is 1. The van der Waals surface area contributed by atoms with E-state index in [1.54, 1.807) is 20.5 Å². The summed E-state index contributed by atoms with van der Waals surface area (Å²) < 4.78 is 13.7. The number of fused-ring (bicyclic) bond motifs is 6. The van der Waals surface area contributed by atoms with Crippen molar-refractivity contribution in [2.24, 2.45) is 7.05 Å². The Morgan fingerprint density at radius 1 is 0.941 bits per heavy atom. The molecular weight excluding hydrogens is 426 g/mol. The number of hydrogen-bond donors (Lipinski definition) is 2. The first-order valence-corrected chi connectivity index (χ1v) is 11.1. The van der Waals surface area contributed by atoms with Crippen LogP contribution in [0.25, 0.3) is 54.6 Å². The Bertz CT molecular complexity index is 1770. The summed E-state index contributed by atoms with van der Waals surface area (Å²) in [7, 11) is 5.34. The van der Waals surface area contributed by atoms with Gasteiger partial charge >= 0.3 is 0 Å². The van der Waals surface area contributed by atoms with Crippen LogP contribution < -0.4 is 14.0 Å². The SMILES string of the molecule is COc1cc(-c2ccc3nc[nH]c3c2)c2c(c[n+](C)c3c4cc(O)c(C)cc4ccc23)c1OC. The van der Waals surface area contributed by atoms with Gasteiger partial charge in [-0.25, -0.2) is 4.98 Å². The number of aromatic hydroxyl groups is 1. The predicted molar refractivity (Wildman–Crippen MR) is 135 cm³/mol. The summed E-state index contributed by atoms with van der Waals surface area (Å²) in [6.07, 6.45) is 3.78. The molecule has 2 aromatic heterocycles. The molecule has 0 fully saturated rings. The highest BCUT2D eigenvalue weighted by molar-refractivity contribution is 6.19. The number of benzene rings is 4. The first-order valence-electron chi connectivity index (χ1n) is 11.1. The quantitative estimate of drug-likeness (QED) is 0.274. The van der Waals surface area contributed by atoms with Gasteiger partial charge in [0.1, 0.15) is 12.8 Å². The maximum absolute atomic E-state index is 10.5. The number of hydrogen-bond acceptors (Lipinski definition) is 4. The van der Waals surface area contributed by atoms with Crippen molar-refractivity contribution >= 4 is 43.5 Å².